The van der Waals surface area contributed by atoms with E-state index in [1.54, 1.807) is 4.90 Å². The molecule has 0 saturated carbocycles. The maximum absolute atomic E-state index is 12.5. The second-order valence-electron chi connectivity index (χ2n) is 9.24. The van der Waals surface area contributed by atoms with E-state index < -0.39 is 26.1 Å². The highest BCUT2D eigenvalue weighted by molar-refractivity contribution is 6.74. The van der Waals surface area contributed by atoms with E-state index >= 15 is 0 Å². The number of amides is 1. The van der Waals surface area contributed by atoms with Crippen LogP contribution in [0, 0.1) is 0 Å². The fraction of sp³-hybridized carbons (Fsp3) is 0.941. The quantitative estimate of drug-likeness (QED) is 0.753. The van der Waals surface area contributed by atoms with E-state index in [4.69, 9.17) is 14.9 Å². The lowest BCUT2D eigenvalue weighted by atomic mass is 10.1. The molecule has 6 nitrogen and oxygen atoms in total. The third-order valence-electron chi connectivity index (χ3n) is 4.89. The molecule has 3 N–H and O–H groups in total. The molecular formula is C17H36N2O4Si. The summed E-state index contributed by atoms with van der Waals surface area (Å²) in [5.74, 6) is 0. The van der Waals surface area contributed by atoms with Gasteiger partial charge in [-0.1, -0.05) is 20.8 Å². The molecule has 0 spiro atoms. The molecule has 1 unspecified atom stereocenters. The van der Waals surface area contributed by atoms with Crippen LogP contribution < -0.4 is 5.73 Å². The minimum Gasteiger partial charge on any atom is -0.444 e. The number of rotatable bonds is 4. The molecule has 1 aliphatic rings. The van der Waals surface area contributed by atoms with Crippen LogP contribution in [0.15, 0.2) is 0 Å². The summed E-state index contributed by atoms with van der Waals surface area (Å²) in [6.45, 7) is 17.0. The summed E-state index contributed by atoms with van der Waals surface area (Å²) < 4.78 is 11.9. The van der Waals surface area contributed by atoms with Gasteiger partial charge in [-0.3, -0.25) is 4.90 Å². The summed E-state index contributed by atoms with van der Waals surface area (Å²) >= 11 is 0. The Morgan fingerprint density at radius 1 is 1.29 bits per heavy atom. The van der Waals surface area contributed by atoms with Crippen LogP contribution in [0.5, 0.6) is 0 Å². The molecule has 0 aromatic rings. The van der Waals surface area contributed by atoms with Crippen molar-refractivity contribution in [2.45, 2.75) is 89.9 Å². The number of likely N-dealkylation sites (tertiary alicyclic amines) is 1. The number of hydrogen-bond acceptors (Lipinski definition) is 5. The monoisotopic (exact) mass is 360 g/mol. The molecule has 0 aliphatic carbocycles. The van der Waals surface area contributed by atoms with Crippen molar-refractivity contribution in [1.29, 1.82) is 0 Å². The zero-order valence-electron chi connectivity index (χ0n) is 16.5. The van der Waals surface area contributed by atoms with Gasteiger partial charge in [0.25, 0.3) is 0 Å². The minimum atomic E-state index is -1.95. The standard InChI is InChI=1S/C17H36N2O4Si/c1-16(2,3)22-15(21)19-11-12(9-13(19)14(20)10-18)23-24(7,8)17(4,5)6/h12-14,20H,9-11,18H2,1-8H3/t12-,13+,14?/m1/s1. The van der Waals surface area contributed by atoms with E-state index in [1.165, 1.54) is 0 Å². The van der Waals surface area contributed by atoms with Crippen molar-refractivity contribution in [3.8, 4) is 0 Å². The molecule has 0 radical (unpaired) electrons. The number of nitrogens with two attached hydrogens (primary N) is 1. The first-order valence-corrected chi connectivity index (χ1v) is 11.6. The Hall–Kier alpha value is -0.633. The molecule has 7 heteroatoms. The van der Waals surface area contributed by atoms with Crippen LogP contribution in [0.25, 0.3) is 0 Å². The van der Waals surface area contributed by atoms with Gasteiger partial charge < -0.3 is 20.0 Å². The van der Waals surface area contributed by atoms with Gasteiger partial charge in [0.05, 0.1) is 18.2 Å². The van der Waals surface area contributed by atoms with Gasteiger partial charge >= 0.3 is 6.09 Å². The first-order chi connectivity index (χ1) is 10.7. The number of aliphatic hydroxyl groups excluding tert-OH is 1. The summed E-state index contributed by atoms with van der Waals surface area (Å²) in [6, 6.07) is -0.361. The lowest BCUT2D eigenvalue weighted by Gasteiger charge is -2.38. The molecule has 0 aromatic carbocycles. The van der Waals surface area contributed by atoms with Gasteiger partial charge in [-0.2, -0.15) is 0 Å². The highest BCUT2D eigenvalue weighted by Crippen LogP contribution is 2.39. The largest absolute Gasteiger partial charge is 0.444 e. The van der Waals surface area contributed by atoms with Gasteiger partial charge in [-0.15, -0.1) is 0 Å². The fourth-order valence-corrected chi connectivity index (χ4v) is 3.91. The zero-order valence-corrected chi connectivity index (χ0v) is 17.5. The van der Waals surface area contributed by atoms with Crippen molar-refractivity contribution in [3.05, 3.63) is 0 Å². The predicted octanol–water partition coefficient (Wildman–Crippen LogP) is 2.71. The van der Waals surface area contributed by atoms with Gasteiger partial charge in [0, 0.05) is 13.1 Å². The summed E-state index contributed by atoms with van der Waals surface area (Å²) in [5, 5.41) is 10.3. The highest BCUT2D eigenvalue weighted by Gasteiger charge is 2.45. The van der Waals surface area contributed by atoms with E-state index in [-0.39, 0.29) is 23.7 Å². The zero-order chi connectivity index (χ0) is 18.9. The molecule has 1 amide bonds. The Morgan fingerprint density at radius 2 is 1.83 bits per heavy atom. The number of hydrogen-bond donors (Lipinski definition) is 2. The van der Waals surface area contributed by atoms with Gasteiger partial charge in [0.15, 0.2) is 8.32 Å². The Bertz CT molecular complexity index is 443. The summed E-state index contributed by atoms with van der Waals surface area (Å²) in [6.07, 6.45) is -0.694. The van der Waals surface area contributed by atoms with Crippen LogP contribution in [0.4, 0.5) is 4.79 Å². The molecule has 0 bridgehead atoms. The number of carbonyl (C=O) groups excluding carboxylic acids is 1. The van der Waals surface area contributed by atoms with Crippen LogP contribution in [0.1, 0.15) is 48.0 Å². The first-order valence-electron chi connectivity index (χ1n) is 8.73. The second-order valence-corrected chi connectivity index (χ2v) is 14.0. The van der Waals surface area contributed by atoms with Crippen molar-refractivity contribution in [2.75, 3.05) is 13.1 Å². The van der Waals surface area contributed by atoms with Crippen molar-refractivity contribution in [2.24, 2.45) is 5.73 Å². The molecular weight excluding hydrogens is 324 g/mol. The number of carbonyl (C=O) groups is 1. The van der Waals surface area contributed by atoms with Crippen molar-refractivity contribution in [3.63, 3.8) is 0 Å². The van der Waals surface area contributed by atoms with Crippen LogP contribution >= 0.6 is 0 Å². The van der Waals surface area contributed by atoms with Gasteiger partial charge in [0.2, 0.25) is 0 Å². The SMILES string of the molecule is CC(C)(C)OC(=O)N1C[C@H](O[Si](C)(C)C(C)(C)C)C[C@H]1C(O)CN. The van der Waals surface area contributed by atoms with E-state index in [1.807, 2.05) is 20.8 Å². The van der Waals surface area contributed by atoms with Crippen LogP contribution in [-0.2, 0) is 9.16 Å². The molecule has 1 saturated heterocycles. The Labute approximate surface area is 147 Å². The fourth-order valence-electron chi connectivity index (χ4n) is 2.56. The summed E-state index contributed by atoms with van der Waals surface area (Å²) in [7, 11) is -1.95. The molecule has 1 rings (SSSR count). The third kappa shape index (κ3) is 5.44. The molecule has 24 heavy (non-hydrogen) atoms. The maximum Gasteiger partial charge on any atom is 0.410 e. The van der Waals surface area contributed by atoms with Crippen LogP contribution in [0.3, 0.4) is 0 Å². The van der Waals surface area contributed by atoms with E-state index in [9.17, 15) is 9.90 Å². The molecule has 1 fully saturated rings. The van der Waals surface area contributed by atoms with E-state index in [0.717, 1.165) is 0 Å². The summed E-state index contributed by atoms with van der Waals surface area (Å²) in [5.41, 5.74) is 5.05. The Kier molecular flexibility index (Phi) is 6.52. The van der Waals surface area contributed by atoms with Crippen molar-refractivity contribution < 1.29 is 19.1 Å². The van der Waals surface area contributed by atoms with Gasteiger partial charge in [-0.05, 0) is 45.3 Å². The van der Waals surface area contributed by atoms with E-state index in [0.29, 0.717) is 13.0 Å². The summed E-state index contributed by atoms with van der Waals surface area (Å²) in [4.78, 5) is 14.1. The maximum atomic E-state index is 12.5. The highest BCUT2D eigenvalue weighted by atomic mass is 28.4. The number of aliphatic hydroxyl groups is 1. The Morgan fingerprint density at radius 3 is 2.25 bits per heavy atom. The molecule has 0 aromatic heterocycles. The van der Waals surface area contributed by atoms with Crippen molar-refractivity contribution in [1.82, 2.24) is 4.90 Å². The second kappa shape index (κ2) is 7.31. The van der Waals surface area contributed by atoms with E-state index in [2.05, 4.69) is 33.9 Å². The smallest absolute Gasteiger partial charge is 0.410 e. The molecule has 1 aliphatic heterocycles. The molecule has 3 atom stereocenters. The predicted molar refractivity (Wildman–Crippen MR) is 98.5 cm³/mol. The lowest BCUT2D eigenvalue weighted by Crippen LogP contribution is -2.47. The average Bonchev–Trinajstić information content (AvgIpc) is 2.77. The third-order valence-corrected chi connectivity index (χ3v) is 9.42. The average molecular weight is 361 g/mol. The normalized spacial score (nSPS) is 24.2. The minimum absolute atomic E-state index is 0.0916. The number of nitrogens with zero attached hydrogens (tertiary/aromatic N) is 1. The van der Waals surface area contributed by atoms with Crippen molar-refractivity contribution >= 4 is 14.4 Å². The van der Waals surface area contributed by atoms with Gasteiger partial charge in [0.1, 0.15) is 5.60 Å². The molecule has 142 valence electrons. The lowest BCUT2D eigenvalue weighted by molar-refractivity contribution is 0.00618. The Balaban J connectivity index is 2.90. The van der Waals surface area contributed by atoms with Crippen LogP contribution in [0.2, 0.25) is 18.1 Å². The number of ether oxygens (including phenoxy) is 1. The first kappa shape index (κ1) is 21.4. The van der Waals surface area contributed by atoms with Gasteiger partial charge in [-0.25, -0.2) is 4.79 Å². The molecule has 1 heterocycles. The van der Waals surface area contributed by atoms with Crippen LogP contribution in [-0.4, -0.2) is 61.4 Å². The topological polar surface area (TPSA) is 85.0 Å².